The van der Waals surface area contributed by atoms with Gasteiger partial charge in [0.2, 0.25) is 5.91 Å². The molecule has 1 heterocycles. The van der Waals surface area contributed by atoms with Gasteiger partial charge in [-0.15, -0.1) is 0 Å². The Morgan fingerprint density at radius 3 is 2.52 bits per heavy atom. The fraction of sp³-hybridized carbons (Fsp3) is 0.667. The van der Waals surface area contributed by atoms with E-state index in [1.807, 2.05) is 0 Å². The highest BCUT2D eigenvalue weighted by atomic mass is 16.2. The maximum absolute atomic E-state index is 12.5. The SMILES string of the molecule is C[C@H](NC(=O)CN1CCN(c2ccccc2)CC1)[C@@H]1C[C@H]2CC[C@H]1C2. The van der Waals surface area contributed by atoms with E-state index < -0.39 is 0 Å². The summed E-state index contributed by atoms with van der Waals surface area (Å²) in [5.74, 6) is 2.75. The van der Waals surface area contributed by atoms with Crippen molar-refractivity contribution < 1.29 is 4.79 Å². The quantitative estimate of drug-likeness (QED) is 0.894. The van der Waals surface area contributed by atoms with Crippen LogP contribution in [-0.2, 0) is 4.79 Å². The molecule has 4 rings (SSSR count). The molecule has 2 saturated carbocycles. The molecule has 1 saturated heterocycles. The van der Waals surface area contributed by atoms with E-state index in [-0.39, 0.29) is 5.91 Å². The van der Waals surface area contributed by atoms with Crippen LogP contribution in [0.15, 0.2) is 30.3 Å². The van der Waals surface area contributed by atoms with Crippen molar-refractivity contribution >= 4 is 11.6 Å². The van der Waals surface area contributed by atoms with Crippen molar-refractivity contribution in [1.29, 1.82) is 0 Å². The topological polar surface area (TPSA) is 35.6 Å². The van der Waals surface area contributed by atoms with Gasteiger partial charge in [0, 0.05) is 37.9 Å². The van der Waals surface area contributed by atoms with Crippen LogP contribution in [0.5, 0.6) is 0 Å². The van der Waals surface area contributed by atoms with Gasteiger partial charge < -0.3 is 10.2 Å². The Bertz CT molecular complexity index is 582. The number of carbonyl (C=O) groups excluding carboxylic acids is 1. The monoisotopic (exact) mass is 341 g/mol. The molecule has 1 aromatic carbocycles. The summed E-state index contributed by atoms with van der Waals surface area (Å²) >= 11 is 0. The van der Waals surface area contributed by atoms with Crippen molar-refractivity contribution in [3.05, 3.63) is 30.3 Å². The first kappa shape index (κ1) is 16.9. The predicted octanol–water partition coefficient (Wildman–Crippen LogP) is 2.75. The van der Waals surface area contributed by atoms with Crippen LogP contribution in [0.25, 0.3) is 0 Å². The lowest BCUT2D eigenvalue weighted by Gasteiger charge is -2.36. The summed E-state index contributed by atoms with van der Waals surface area (Å²) < 4.78 is 0. The van der Waals surface area contributed by atoms with Crippen LogP contribution in [0, 0.1) is 17.8 Å². The summed E-state index contributed by atoms with van der Waals surface area (Å²) in [6.07, 6.45) is 5.55. The van der Waals surface area contributed by atoms with Gasteiger partial charge in [-0.1, -0.05) is 24.6 Å². The van der Waals surface area contributed by atoms with Crippen LogP contribution in [0.3, 0.4) is 0 Å². The Morgan fingerprint density at radius 2 is 1.88 bits per heavy atom. The second kappa shape index (κ2) is 7.36. The second-order valence-electron chi connectivity index (χ2n) is 8.29. The van der Waals surface area contributed by atoms with Crippen LogP contribution in [-0.4, -0.2) is 49.6 Å². The highest BCUT2D eigenvalue weighted by Crippen LogP contribution is 2.49. The summed E-state index contributed by atoms with van der Waals surface area (Å²) in [5, 5.41) is 3.30. The highest BCUT2D eigenvalue weighted by Gasteiger charge is 2.42. The fourth-order valence-electron chi connectivity index (χ4n) is 5.32. The minimum absolute atomic E-state index is 0.212. The summed E-state index contributed by atoms with van der Waals surface area (Å²) in [6, 6.07) is 10.9. The summed E-state index contributed by atoms with van der Waals surface area (Å²) in [5.41, 5.74) is 1.29. The number of nitrogens with zero attached hydrogens (tertiary/aromatic N) is 2. The molecule has 2 aliphatic carbocycles. The smallest absolute Gasteiger partial charge is 0.234 e. The second-order valence-corrected chi connectivity index (χ2v) is 8.29. The molecule has 0 spiro atoms. The standard InChI is InChI=1S/C21H31N3O/c1-16(20-14-17-7-8-18(20)13-17)22-21(25)15-23-9-11-24(12-10-23)19-5-3-2-4-6-19/h2-6,16-18,20H,7-15H2,1H3,(H,22,25)/t16-,17-,18-,20-/m0/s1. The van der Waals surface area contributed by atoms with Gasteiger partial charge in [-0.3, -0.25) is 9.69 Å². The van der Waals surface area contributed by atoms with Crippen molar-refractivity contribution in [2.45, 2.75) is 38.6 Å². The zero-order chi connectivity index (χ0) is 17.2. The molecular formula is C21H31N3O. The molecule has 25 heavy (non-hydrogen) atoms. The van der Waals surface area contributed by atoms with E-state index in [2.05, 4.69) is 52.4 Å². The third kappa shape index (κ3) is 3.84. The molecule has 1 aliphatic heterocycles. The van der Waals surface area contributed by atoms with Crippen LogP contribution >= 0.6 is 0 Å². The normalized spacial score (nSPS) is 30.4. The third-order valence-electron chi connectivity index (χ3n) is 6.68. The molecule has 3 fully saturated rings. The molecule has 0 aromatic heterocycles. The molecule has 3 aliphatic rings. The maximum atomic E-state index is 12.5. The Morgan fingerprint density at radius 1 is 1.12 bits per heavy atom. The Hall–Kier alpha value is -1.55. The van der Waals surface area contributed by atoms with Gasteiger partial charge in [-0.2, -0.15) is 0 Å². The van der Waals surface area contributed by atoms with Crippen molar-refractivity contribution in [3.63, 3.8) is 0 Å². The van der Waals surface area contributed by atoms with Crippen LogP contribution in [0.2, 0.25) is 0 Å². The maximum Gasteiger partial charge on any atom is 0.234 e. The number of benzene rings is 1. The fourth-order valence-corrected chi connectivity index (χ4v) is 5.32. The molecule has 136 valence electrons. The first-order chi connectivity index (χ1) is 12.2. The van der Waals surface area contributed by atoms with E-state index in [1.165, 1.54) is 31.4 Å². The van der Waals surface area contributed by atoms with E-state index in [0.29, 0.717) is 12.6 Å². The number of rotatable bonds is 5. The highest BCUT2D eigenvalue weighted by molar-refractivity contribution is 5.78. The number of hydrogen-bond acceptors (Lipinski definition) is 3. The molecular weight excluding hydrogens is 310 g/mol. The van der Waals surface area contributed by atoms with Gasteiger partial charge in [0.15, 0.2) is 0 Å². The number of hydrogen-bond donors (Lipinski definition) is 1. The lowest BCUT2D eigenvalue weighted by atomic mass is 9.84. The first-order valence-corrected chi connectivity index (χ1v) is 10.0. The lowest BCUT2D eigenvalue weighted by molar-refractivity contribution is -0.123. The van der Waals surface area contributed by atoms with Crippen molar-refractivity contribution in [2.75, 3.05) is 37.6 Å². The molecule has 1 N–H and O–H groups in total. The van der Waals surface area contributed by atoms with E-state index in [9.17, 15) is 4.79 Å². The van der Waals surface area contributed by atoms with Gasteiger partial charge in [0.25, 0.3) is 0 Å². The van der Waals surface area contributed by atoms with E-state index in [4.69, 9.17) is 0 Å². The van der Waals surface area contributed by atoms with E-state index >= 15 is 0 Å². The number of piperazine rings is 1. The molecule has 4 atom stereocenters. The zero-order valence-corrected chi connectivity index (χ0v) is 15.4. The van der Waals surface area contributed by atoms with Gasteiger partial charge in [-0.25, -0.2) is 0 Å². The number of nitrogens with one attached hydrogen (secondary N) is 1. The molecule has 0 unspecified atom stereocenters. The number of carbonyl (C=O) groups is 1. The van der Waals surface area contributed by atoms with Crippen LogP contribution < -0.4 is 10.2 Å². The van der Waals surface area contributed by atoms with E-state index in [1.54, 1.807) is 0 Å². The number of anilines is 1. The largest absolute Gasteiger partial charge is 0.369 e. The molecule has 4 heteroatoms. The summed E-state index contributed by atoms with van der Waals surface area (Å²) in [6.45, 7) is 6.69. The Balaban J connectivity index is 1.21. The van der Waals surface area contributed by atoms with Crippen molar-refractivity contribution in [2.24, 2.45) is 17.8 Å². The Kier molecular flexibility index (Phi) is 4.98. The molecule has 0 radical (unpaired) electrons. The summed E-state index contributed by atoms with van der Waals surface area (Å²) in [4.78, 5) is 17.2. The average molecular weight is 341 g/mol. The van der Waals surface area contributed by atoms with Crippen molar-refractivity contribution in [1.82, 2.24) is 10.2 Å². The van der Waals surface area contributed by atoms with Gasteiger partial charge in [0.05, 0.1) is 6.54 Å². The number of amides is 1. The minimum atomic E-state index is 0.212. The molecule has 1 amide bonds. The first-order valence-electron chi connectivity index (χ1n) is 10.0. The van der Waals surface area contributed by atoms with Crippen LogP contribution in [0.4, 0.5) is 5.69 Å². The predicted molar refractivity (Wildman–Crippen MR) is 102 cm³/mol. The molecule has 4 nitrogen and oxygen atoms in total. The van der Waals surface area contributed by atoms with Gasteiger partial charge in [-0.05, 0) is 56.1 Å². The van der Waals surface area contributed by atoms with E-state index in [0.717, 1.165) is 43.9 Å². The third-order valence-corrected chi connectivity index (χ3v) is 6.68. The lowest BCUT2D eigenvalue weighted by Crippen LogP contribution is -2.51. The number of para-hydroxylation sites is 1. The van der Waals surface area contributed by atoms with Gasteiger partial charge in [0.1, 0.15) is 0 Å². The molecule has 1 aromatic rings. The minimum Gasteiger partial charge on any atom is -0.369 e. The number of fused-ring (bicyclic) bond motifs is 2. The zero-order valence-electron chi connectivity index (χ0n) is 15.4. The Labute approximate surface area is 151 Å². The average Bonchev–Trinajstić information content (AvgIpc) is 3.26. The van der Waals surface area contributed by atoms with Gasteiger partial charge >= 0.3 is 0 Å². The van der Waals surface area contributed by atoms with Crippen molar-refractivity contribution in [3.8, 4) is 0 Å². The molecule has 2 bridgehead atoms. The van der Waals surface area contributed by atoms with Crippen LogP contribution in [0.1, 0.15) is 32.6 Å². The summed E-state index contributed by atoms with van der Waals surface area (Å²) in [7, 11) is 0.